The maximum absolute atomic E-state index is 12.2. The number of anilines is 2. The summed E-state index contributed by atoms with van der Waals surface area (Å²) in [7, 11) is 2.91. The number of benzene rings is 1. The average molecular weight is 330 g/mol. The molecule has 0 aliphatic carbocycles. The van der Waals surface area contributed by atoms with Crippen LogP contribution in [0.3, 0.4) is 0 Å². The van der Waals surface area contributed by atoms with Crippen LogP contribution in [0.1, 0.15) is 20.8 Å². The van der Waals surface area contributed by atoms with Gasteiger partial charge in [0.2, 0.25) is 5.95 Å². The largest absolute Gasteiger partial charge is 0.465 e. The lowest BCUT2D eigenvalue weighted by molar-refractivity contribution is 0.0600. The van der Waals surface area contributed by atoms with Gasteiger partial charge in [-0.25, -0.2) is 14.8 Å². The van der Waals surface area contributed by atoms with Gasteiger partial charge >= 0.3 is 5.97 Å². The molecule has 0 aliphatic rings. The fourth-order valence-electron chi connectivity index (χ4n) is 1.84. The van der Waals surface area contributed by atoms with Crippen LogP contribution in [-0.2, 0) is 9.47 Å². The summed E-state index contributed by atoms with van der Waals surface area (Å²) in [6.45, 7) is 1.04. The SMILES string of the molecule is COCCNc1nccc(C(=O)Nc2ccc(C(=O)OC)cc2)n1. The Morgan fingerprint density at radius 3 is 2.54 bits per heavy atom. The highest BCUT2D eigenvalue weighted by Crippen LogP contribution is 2.12. The van der Waals surface area contributed by atoms with Crippen LogP contribution in [0, 0.1) is 0 Å². The molecule has 0 atom stereocenters. The zero-order chi connectivity index (χ0) is 17.4. The first kappa shape index (κ1) is 17.4. The first-order valence-electron chi connectivity index (χ1n) is 7.19. The van der Waals surface area contributed by atoms with Crippen LogP contribution < -0.4 is 10.6 Å². The lowest BCUT2D eigenvalue weighted by atomic mass is 10.2. The molecule has 0 radical (unpaired) electrons. The molecule has 0 saturated carbocycles. The molecular weight excluding hydrogens is 312 g/mol. The van der Waals surface area contributed by atoms with Gasteiger partial charge in [0.25, 0.3) is 5.91 Å². The van der Waals surface area contributed by atoms with Crippen molar-refractivity contribution in [3.05, 3.63) is 47.8 Å². The number of rotatable bonds is 7. The Labute approximate surface area is 139 Å². The Kier molecular flexibility index (Phi) is 6.21. The van der Waals surface area contributed by atoms with Gasteiger partial charge in [0.1, 0.15) is 5.69 Å². The van der Waals surface area contributed by atoms with Crippen LogP contribution in [0.25, 0.3) is 0 Å². The minimum atomic E-state index is -0.435. The maximum atomic E-state index is 12.2. The van der Waals surface area contributed by atoms with Gasteiger partial charge in [0, 0.05) is 25.5 Å². The Morgan fingerprint density at radius 2 is 1.88 bits per heavy atom. The summed E-state index contributed by atoms with van der Waals surface area (Å²) in [4.78, 5) is 31.8. The molecule has 0 aliphatic heterocycles. The first-order chi connectivity index (χ1) is 11.6. The Morgan fingerprint density at radius 1 is 1.12 bits per heavy atom. The topological polar surface area (TPSA) is 102 Å². The molecule has 2 rings (SSSR count). The highest BCUT2D eigenvalue weighted by Gasteiger charge is 2.10. The number of nitrogens with one attached hydrogen (secondary N) is 2. The molecule has 0 unspecified atom stereocenters. The summed E-state index contributed by atoms with van der Waals surface area (Å²) in [6.07, 6.45) is 1.50. The van der Waals surface area contributed by atoms with Gasteiger partial charge in [0.15, 0.2) is 0 Å². The van der Waals surface area contributed by atoms with E-state index in [-0.39, 0.29) is 11.6 Å². The third-order valence-corrected chi connectivity index (χ3v) is 3.04. The summed E-state index contributed by atoms with van der Waals surface area (Å²) in [6, 6.07) is 7.88. The van der Waals surface area contributed by atoms with E-state index in [0.717, 1.165) is 0 Å². The Balaban J connectivity index is 2.01. The van der Waals surface area contributed by atoms with Crippen molar-refractivity contribution in [1.82, 2.24) is 9.97 Å². The van der Waals surface area contributed by atoms with Gasteiger partial charge in [-0.15, -0.1) is 0 Å². The lowest BCUT2D eigenvalue weighted by Crippen LogP contribution is -2.16. The zero-order valence-electron chi connectivity index (χ0n) is 13.4. The predicted molar refractivity (Wildman–Crippen MR) is 88.1 cm³/mol. The van der Waals surface area contributed by atoms with E-state index in [1.54, 1.807) is 31.4 Å². The molecule has 1 amide bonds. The number of methoxy groups -OCH3 is 2. The number of amides is 1. The fourth-order valence-corrected chi connectivity index (χ4v) is 1.84. The minimum absolute atomic E-state index is 0.224. The summed E-state index contributed by atoms with van der Waals surface area (Å²) in [5, 5.41) is 5.66. The van der Waals surface area contributed by atoms with Gasteiger partial charge in [-0.1, -0.05) is 0 Å². The molecule has 2 aromatic rings. The highest BCUT2D eigenvalue weighted by atomic mass is 16.5. The van der Waals surface area contributed by atoms with Crippen LogP contribution >= 0.6 is 0 Å². The van der Waals surface area contributed by atoms with Crippen LogP contribution in [0.5, 0.6) is 0 Å². The third kappa shape index (κ3) is 4.75. The lowest BCUT2D eigenvalue weighted by Gasteiger charge is -2.07. The van der Waals surface area contributed by atoms with Crippen molar-refractivity contribution in [2.45, 2.75) is 0 Å². The summed E-state index contributed by atoms with van der Waals surface area (Å²) < 4.78 is 9.55. The standard InChI is InChI=1S/C16H18N4O4/c1-23-10-9-18-16-17-8-7-13(20-16)14(21)19-12-5-3-11(4-6-12)15(22)24-2/h3-8H,9-10H2,1-2H3,(H,19,21)(H,17,18,20). The van der Waals surface area contributed by atoms with Crippen molar-refractivity contribution in [3.63, 3.8) is 0 Å². The number of hydrogen-bond acceptors (Lipinski definition) is 7. The van der Waals surface area contributed by atoms with Gasteiger partial charge < -0.3 is 20.1 Å². The van der Waals surface area contributed by atoms with Gasteiger partial charge in [-0.3, -0.25) is 4.79 Å². The summed E-state index contributed by atoms with van der Waals surface area (Å²) in [5.41, 5.74) is 1.17. The molecule has 0 bridgehead atoms. The molecule has 8 heteroatoms. The molecular formula is C16H18N4O4. The van der Waals surface area contributed by atoms with Gasteiger partial charge in [0.05, 0.1) is 19.3 Å². The summed E-state index contributed by atoms with van der Waals surface area (Å²) >= 11 is 0. The molecule has 0 saturated heterocycles. The second-order valence-corrected chi connectivity index (χ2v) is 4.71. The zero-order valence-corrected chi connectivity index (χ0v) is 13.4. The first-order valence-corrected chi connectivity index (χ1v) is 7.19. The number of ether oxygens (including phenoxy) is 2. The Hall–Kier alpha value is -3.00. The van der Waals surface area contributed by atoms with Crippen molar-refractivity contribution in [2.75, 3.05) is 38.0 Å². The molecule has 8 nitrogen and oxygen atoms in total. The molecule has 126 valence electrons. The van der Waals surface area contributed by atoms with E-state index in [4.69, 9.17) is 4.74 Å². The van der Waals surface area contributed by atoms with E-state index >= 15 is 0 Å². The van der Waals surface area contributed by atoms with E-state index in [1.807, 2.05) is 0 Å². The van der Waals surface area contributed by atoms with E-state index in [9.17, 15) is 9.59 Å². The van der Waals surface area contributed by atoms with E-state index in [1.165, 1.54) is 19.4 Å². The second-order valence-electron chi connectivity index (χ2n) is 4.71. The molecule has 0 spiro atoms. The minimum Gasteiger partial charge on any atom is -0.465 e. The van der Waals surface area contributed by atoms with Crippen molar-refractivity contribution in [2.24, 2.45) is 0 Å². The van der Waals surface area contributed by atoms with Crippen LogP contribution in [0.2, 0.25) is 0 Å². The van der Waals surface area contributed by atoms with Gasteiger partial charge in [-0.05, 0) is 30.3 Å². The normalized spacial score (nSPS) is 10.1. The Bertz CT molecular complexity index is 703. The predicted octanol–water partition coefficient (Wildman–Crippen LogP) is 1.57. The van der Waals surface area contributed by atoms with Gasteiger partial charge in [-0.2, -0.15) is 0 Å². The number of nitrogens with zero attached hydrogens (tertiary/aromatic N) is 2. The van der Waals surface area contributed by atoms with Crippen molar-refractivity contribution in [3.8, 4) is 0 Å². The second kappa shape index (κ2) is 8.59. The van der Waals surface area contributed by atoms with E-state index in [2.05, 4.69) is 25.3 Å². The molecule has 1 aromatic carbocycles. The monoisotopic (exact) mass is 330 g/mol. The summed E-state index contributed by atoms with van der Waals surface area (Å²) in [5.74, 6) is -0.464. The van der Waals surface area contributed by atoms with Crippen LogP contribution in [0.4, 0.5) is 11.6 Å². The van der Waals surface area contributed by atoms with Crippen LogP contribution in [0.15, 0.2) is 36.5 Å². The number of carbonyl (C=O) groups excluding carboxylic acids is 2. The quantitative estimate of drug-likeness (QED) is 0.587. The van der Waals surface area contributed by atoms with E-state index in [0.29, 0.717) is 30.4 Å². The van der Waals surface area contributed by atoms with Crippen molar-refractivity contribution in [1.29, 1.82) is 0 Å². The van der Waals surface area contributed by atoms with Crippen LogP contribution in [-0.4, -0.2) is 49.2 Å². The third-order valence-electron chi connectivity index (χ3n) is 3.04. The molecule has 1 heterocycles. The number of hydrogen-bond donors (Lipinski definition) is 2. The highest BCUT2D eigenvalue weighted by molar-refractivity contribution is 6.03. The number of carbonyl (C=O) groups is 2. The number of aromatic nitrogens is 2. The fraction of sp³-hybridized carbons (Fsp3) is 0.250. The van der Waals surface area contributed by atoms with Crippen molar-refractivity contribution < 1.29 is 19.1 Å². The maximum Gasteiger partial charge on any atom is 0.337 e. The van der Waals surface area contributed by atoms with E-state index < -0.39 is 5.97 Å². The molecule has 1 aromatic heterocycles. The van der Waals surface area contributed by atoms with Crippen molar-refractivity contribution >= 4 is 23.5 Å². The molecule has 24 heavy (non-hydrogen) atoms. The smallest absolute Gasteiger partial charge is 0.337 e. The molecule has 2 N–H and O–H groups in total. The molecule has 0 fully saturated rings. The average Bonchev–Trinajstić information content (AvgIpc) is 2.62. The number of esters is 1.